The molecule has 0 amide bonds. The van der Waals surface area contributed by atoms with Crippen LogP contribution >= 0.6 is 0 Å². The van der Waals surface area contributed by atoms with Crippen molar-refractivity contribution in [2.24, 2.45) is 11.8 Å². The maximum absolute atomic E-state index is 8.53. The van der Waals surface area contributed by atoms with E-state index in [-0.39, 0.29) is 82.6 Å². The Morgan fingerprint density at radius 3 is 2.21 bits per heavy atom. The summed E-state index contributed by atoms with van der Waals surface area (Å²) in [6.07, 6.45) is 0. The Balaban J connectivity index is 0.000000190. The van der Waals surface area contributed by atoms with Gasteiger partial charge in [0.15, 0.2) is 0 Å². The molecule has 208 valence electrons. The van der Waals surface area contributed by atoms with Crippen LogP contribution in [0, 0.1) is 11.8 Å². The fourth-order valence-electron chi connectivity index (χ4n) is 4.64. The lowest BCUT2D eigenvalue weighted by Crippen LogP contribution is -2.37. The third kappa shape index (κ3) is 6.32. The van der Waals surface area contributed by atoms with Gasteiger partial charge in [-0.1, -0.05) is 140 Å². The van der Waals surface area contributed by atoms with Gasteiger partial charge in [-0.2, -0.15) is 0 Å². The van der Waals surface area contributed by atoms with Gasteiger partial charge in [-0.25, -0.2) is 0 Å². The number of nitrogens with one attached hydrogen (secondary N) is 2. The first-order chi connectivity index (χ1) is 26.3. The summed E-state index contributed by atoms with van der Waals surface area (Å²) in [5.74, 6) is -1.89. The highest BCUT2D eigenvalue weighted by atomic mass is 28.3. The molecule has 42 heavy (non-hydrogen) atoms. The Kier molecular flexibility index (Phi) is 4.49. The molecule has 2 unspecified atom stereocenters. The van der Waals surface area contributed by atoms with E-state index in [0.717, 1.165) is 10.8 Å². The largest absolute Gasteiger partial charge is 0.358 e. The summed E-state index contributed by atoms with van der Waals surface area (Å²) in [5.41, 5.74) is 1.62. The molecule has 0 bridgehead atoms. The van der Waals surface area contributed by atoms with Crippen molar-refractivity contribution in [1.82, 2.24) is 0 Å². The molecule has 7 rings (SSSR count). The summed E-state index contributed by atoms with van der Waals surface area (Å²) in [4.78, 5) is 0. The molecule has 0 aliphatic heterocycles. The van der Waals surface area contributed by atoms with Crippen LogP contribution in [-0.2, 0) is 0 Å². The molecule has 0 radical (unpaired) electrons. The molecule has 2 atom stereocenters. The number of anilines is 3. The smallest absolute Gasteiger partial charge is 0.0775 e. The minimum atomic E-state index is -1.46. The third-order valence-electron chi connectivity index (χ3n) is 6.92. The molecule has 2 aliphatic rings. The number of hydrogen-bond acceptors (Lipinski definition) is 2. The fraction of sp³-hybridized carbons (Fsp3) is 0.128. The van der Waals surface area contributed by atoms with E-state index in [4.69, 9.17) is 19.2 Å². The lowest BCUT2D eigenvalue weighted by Gasteiger charge is -2.28. The van der Waals surface area contributed by atoms with Gasteiger partial charge in [-0.05, 0) is 52.5 Å². The van der Waals surface area contributed by atoms with Gasteiger partial charge in [0.05, 0.1) is 27.3 Å². The maximum Gasteiger partial charge on any atom is 0.0775 e. The van der Waals surface area contributed by atoms with Crippen LogP contribution < -0.4 is 15.8 Å². The highest BCUT2D eigenvalue weighted by molar-refractivity contribution is 6.88. The monoisotopic (exact) mass is 576 g/mol. The molecule has 2 N–H and O–H groups in total. The van der Waals surface area contributed by atoms with E-state index in [9.17, 15) is 0 Å². The Bertz CT molecular complexity index is 2570. The second-order valence-corrected chi connectivity index (χ2v) is 16.0. The molecule has 0 saturated carbocycles. The van der Waals surface area contributed by atoms with Gasteiger partial charge in [0.2, 0.25) is 0 Å². The zero-order chi connectivity index (χ0) is 41.1. The molecule has 5 aromatic rings. The molecule has 0 aromatic heterocycles. The van der Waals surface area contributed by atoms with E-state index in [1.807, 2.05) is 60.7 Å². The van der Waals surface area contributed by atoms with E-state index >= 15 is 0 Å². The standard InChI is InChI=1S/C20H15N.C19H23NSi/c1-2-8-17-14-18(13-12-15(17)6-1)21-20-11-5-9-16-7-3-4-10-19(16)20;1-21(2,3)17-13-11-16(12-14-17)20-19-10-6-8-15-7-4-5-9-18(15)19/h1-14,21H;4-15,18,20H,1-3H3/i1D,2D,6D,8D,12D,13D,14D;4D,5D,6D,7D,8D,9D,10D. The zero-order valence-electron chi connectivity index (χ0n) is 37.5. The molecule has 2 nitrogen and oxygen atoms in total. The summed E-state index contributed by atoms with van der Waals surface area (Å²) in [6, 6.07) is 16.5. The number of rotatable bonds is 5. The van der Waals surface area contributed by atoms with Crippen molar-refractivity contribution in [2.45, 2.75) is 19.6 Å². The number of allylic oxidation sites excluding steroid dienone is 7. The topological polar surface area (TPSA) is 24.1 Å². The van der Waals surface area contributed by atoms with Gasteiger partial charge in [0.25, 0.3) is 0 Å². The fourth-order valence-corrected chi connectivity index (χ4v) is 5.81. The minimum Gasteiger partial charge on any atom is -0.358 e. The van der Waals surface area contributed by atoms with Crippen molar-refractivity contribution in [3.8, 4) is 0 Å². The van der Waals surface area contributed by atoms with Crippen LogP contribution in [0.5, 0.6) is 0 Å². The number of hydrogen-bond donors (Lipinski definition) is 2. The number of fused-ring (bicyclic) bond motifs is 3. The molecule has 0 heterocycles. The van der Waals surface area contributed by atoms with Crippen molar-refractivity contribution >= 4 is 51.9 Å². The predicted octanol–water partition coefficient (Wildman–Crippen LogP) is 10.2. The number of benzene rings is 5. The van der Waals surface area contributed by atoms with Crippen molar-refractivity contribution in [1.29, 1.82) is 0 Å². The average molecular weight is 577 g/mol. The van der Waals surface area contributed by atoms with Crippen molar-refractivity contribution < 1.29 is 19.2 Å². The molecular weight excluding hydrogens is 525 g/mol. The highest BCUT2D eigenvalue weighted by Crippen LogP contribution is 2.32. The maximum atomic E-state index is 8.53. The Labute approximate surface area is 270 Å². The summed E-state index contributed by atoms with van der Waals surface area (Å²) in [5, 5.41) is 9.12. The van der Waals surface area contributed by atoms with Crippen LogP contribution in [0.4, 0.5) is 17.1 Å². The van der Waals surface area contributed by atoms with Crippen LogP contribution in [0.25, 0.3) is 21.5 Å². The molecule has 2 aliphatic carbocycles. The lowest BCUT2D eigenvalue weighted by atomic mass is 9.82. The summed E-state index contributed by atoms with van der Waals surface area (Å²) >= 11 is 0. The van der Waals surface area contributed by atoms with Gasteiger partial charge in [0.1, 0.15) is 0 Å². The van der Waals surface area contributed by atoms with Crippen molar-refractivity contribution in [3.05, 3.63) is 157 Å². The minimum absolute atomic E-state index is 0.0406. The SMILES string of the molecule is [2H]C1=C([2H])C2C([2H])=C([2H])C([2H])=C(Nc3ccc([Si](C)(C)C)cc3)C2C([2H])=C1[2H].[2H]c1c([2H])c([2H])c2c([2H])c(Nc3cccc4ccccc34)c([2H])c([2H])c2c1[2H]. The Morgan fingerprint density at radius 2 is 1.38 bits per heavy atom. The average Bonchev–Trinajstić information content (AvgIpc) is 3.17. The van der Waals surface area contributed by atoms with Crippen molar-refractivity contribution in [2.75, 3.05) is 10.6 Å². The van der Waals surface area contributed by atoms with Crippen LogP contribution in [0.2, 0.25) is 19.6 Å². The first kappa shape index (κ1) is 15.6. The molecule has 0 spiro atoms. The molecule has 0 fully saturated rings. The molecule has 3 heteroatoms. The van der Waals surface area contributed by atoms with Gasteiger partial charge in [-0.15, -0.1) is 0 Å². The van der Waals surface area contributed by atoms with Gasteiger partial charge in [0, 0.05) is 40.0 Å². The van der Waals surface area contributed by atoms with Crippen LogP contribution in [0.15, 0.2) is 157 Å². The van der Waals surface area contributed by atoms with Crippen LogP contribution in [0.1, 0.15) is 19.2 Å². The van der Waals surface area contributed by atoms with Crippen molar-refractivity contribution in [3.63, 3.8) is 0 Å². The van der Waals surface area contributed by atoms with E-state index in [0.29, 0.717) is 11.4 Å². The second kappa shape index (κ2) is 12.1. The molecule has 5 aromatic carbocycles. The van der Waals surface area contributed by atoms with Gasteiger partial charge < -0.3 is 10.6 Å². The molecule has 0 saturated heterocycles. The quantitative estimate of drug-likeness (QED) is 0.203. The van der Waals surface area contributed by atoms with Crippen LogP contribution in [-0.4, -0.2) is 8.07 Å². The lowest BCUT2D eigenvalue weighted by molar-refractivity contribution is 0.627. The van der Waals surface area contributed by atoms with E-state index in [1.165, 1.54) is 5.19 Å². The van der Waals surface area contributed by atoms with E-state index in [1.54, 1.807) is 6.07 Å². The predicted molar refractivity (Wildman–Crippen MR) is 187 cm³/mol. The summed E-state index contributed by atoms with van der Waals surface area (Å²) in [6.45, 7) is 6.73. The first-order valence-corrected chi connectivity index (χ1v) is 17.1. The first-order valence-electron chi connectivity index (χ1n) is 20.6. The Morgan fingerprint density at radius 1 is 0.643 bits per heavy atom. The Hall–Kier alpha value is -4.60. The van der Waals surface area contributed by atoms with Gasteiger partial charge in [-0.3, -0.25) is 0 Å². The van der Waals surface area contributed by atoms with Gasteiger partial charge >= 0.3 is 0 Å². The summed E-state index contributed by atoms with van der Waals surface area (Å²) in [7, 11) is -1.46. The third-order valence-corrected chi connectivity index (χ3v) is 8.98. The molecular formula is C39H38N2Si. The highest BCUT2D eigenvalue weighted by Gasteiger charge is 2.23. The second-order valence-electron chi connectivity index (χ2n) is 10.9. The van der Waals surface area contributed by atoms with E-state index < -0.39 is 44.1 Å². The van der Waals surface area contributed by atoms with E-state index in [2.05, 4.69) is 30.3 Å². The normalized spacial score (nSPS) is 23.6. The van der Waals surface area contributed by atoms with Crippen LogP contribution in [0.3, 0.4) is 0 Å². The zero-order valence-corrected chi connectivity index (χ0v) is 24.5. The summed E-state index contributed by atoms with van der Waals surface area (Å²) < 4.78 is 114.